The SMILES string of the molecule is CC[C@H]1O[C@@H](n2nnc3c(Cl)nc(Cl)nc32)[C@H](OC(C)=O)[C@@H]1C.Clc1nc(Cl)c2n[nH]nc2n1.[Cl][Sn]([Cl])([Cl])[Cl]. The average Bonchev–Trinajstić information content (AvgIpc) is 3.51. The Kier molecular flexibility index (Phi) is 12.0. The van der Waals surface area contributed by atoms with Crippen molar-refractivity contribution in [2.24, 2.45) is 5.92 Å². The van der Waals surface area contributed by atoms with Gasteiger partial charge in [0.2, 0.25) is 16.2 Å². The number of rotatable bonds is 3. The molecule has 0 radical (unpaired) electrons. The van der Waals surface area contributed by atoms with E-state index < -0.39 is 26.2 Å². The molecule has 1 saturated heterocycles. The van der Waals surface area contributed by atoms with Crippen LogP contribution in [0.4, 0.5) is 0 Å². The van der Waals surface area contributed by atoms with Gasteiger partial charge >= 0.3 is 55.5 Å². The van der Waals surface area contributed by atoms with Crippen LogP contribution in [0.5, 0.6) is 0 Å². The first-order valence-corrected chi connectivity index (χ1v) is 26.6. The van der Waals surface area contributed by atoms with Gasteiger partial charge in [-0.15, -0.1) is 10.2 Å². The third kappa shape index (κ3) is 9.00. The maximum atomic E-state index is 11.4. The molecule has 0 bridgehead atoms. The van der Waals surface area contributed by atoms with E-state index >= 15 is 0 Å². The number of ether oxygens (including phenoxy) is 2. The fraction of sp³-hybridized carbons (Fsp3) is 0.471. The predicted octanol–water partition coefficient (Wildman–Crippen LogP) is 5.84. The Morgan fingerprint density at radius 3 is 2.18 bits per heavy atom. The van der Waals surface area contributed by atoms with E-state index in [0.29, 0.717) is 22.3 Å². The van der Waals surface area contributed by atoms with Gasteiger partial charge in [-0.1, -0.05) is 42.3 Å². The third-order valence-corrected chi connectivity index (χ3v) is 5.88. The molecule has 0 saturated carbocycles. The summed E-state index contributed by atoms with van der Waals surface area (Å²) in [7, 11) is 20.1. The van der Waals surface area contributed by atoms with E-state index in [4.69, 9.17) is 91.6 Å². The Balaban J connectivity index is 0.000000216. The second kappa shape index (κ2) is 14.1. The van der Waals surface area contributed by atoms with Crippen LogP contribution < -0.4 is 0 Å². The van der Waals surface area contributed by atoms with E-state index in [1.807, 2.05) is 13.8 Å². The van der Waals surface area contributed by atoms with Crippen molar-refractivity contribution in [2.45, 2.75) is 45.6 Å². The van der Waals surface area contributed by atoms with Crippen LogP contribution in [0.3, 0.4) is 0 Å². The van der Waals surface area contributed by atoms with Crippen LogP contribution in [0.25, 0.3) is 22.3 Å². The Bertz CT molecular complexity index is 1450. The van der Waals surface area contributed by atoms with Crippen molar-refractivity contribution in [1.82, 2.24) is 50.3 Å². The molecule has 212 valence electrons. The van der Waals surface area contributed by atoms with E-state index in [9.17, 15) is 4.79 Å². The van der Waals surface area contributed by atoms with E-state index in [0.717, 1.165) is 6.42 Å². The number of carbonyl (C=O) groups is 1. The molecule has 0 unspecified atom stereocenters. The Labute approximate surface area is 259 Å². The molecular formula is C17H16Cl8N10O3Sn. The molecular weight excluding hydrogens is 795 g/mol. The second-order valence-corrected chi connectivity index (χ2v) is 34.4. The maximum absolute atomic E-state index is 11.4. The van der Waals surface area contributed by atoms with Crippen molar-refractivity contribution < 1.29 is 14.3 Å². The monoisotopic (exact) mass is 808 g/mol. The van der Waals surface area contributed by atoms with Crippen LogP contribution >= 0.6 is 82.1 Å². The van der Waals surface area contributed by atoms with Gasteiger partial charge in [0.25, 0.3) is 0 Å². The summed E-state index contributed by atoms with van der Waals surface area (Å²) < 4.78 is 12.9. The number of hydrogen-bond acceptors (Lipinski definition) is 11. The van der Waals surface area contributed by atoms with Gasteiger partial charge in [0, 0.05) is 12.8 Å². The molecule has 0 amide bonds. The van der Waals surface area contributed by atoms with Gasteiger partial charge in [0.1, 0.15) is 0 Å². The van der Waals surface area contributed by atoms with Crippen molar-refractivity contribution in [3.8, 4) is 0 Å². The molecule has 1 N–H and O–H groups in total. The molecule has 39 heavy (non-hydrogen) atoms. The van der Waals surface area contributed by atoms with Gasteiger partial charge in [-0.25, -0.2) is 9.97 Å². The summed E-state index contributed by atoms with van der Waals surface area (Å²) in [6, 6.07) is 0. The number of H-pyrrole nitrogens is 1. The van der Waals surface area contributed by atoms with Crippen LogP contribution in [-0.4, -0.2) is 82.4 Å². The van der Waals surface area contributed by atoms with Gasteiger partial charge < -0.3 is 9.47 Å². The van der Waals surface area contributed by atoms with E-state index in [-0.39, 0.29) is 38.9 Å². The van der Waals surface area contributed by atoms with E-state index in [2.05, 4.69) is 45.7 Å². The molecule has 4 aromatic heterocycles. The molecule has 1 fully saturated rings. The fourth-order valence-corrected chi connectivity index (χ4v) is 4.33. The minimum absolute atomic E-state index is 0.000862. The van der Waals surface area contributed by atoms with Gasteiger partial charge in [-0.05, 0) is 29.6 Å². The summed E-state index contributed by atoms with van der Waals surface area (Å²) >= 11 is 19.7. The quantitative estimate of drug-likeness (QED) is 0.115. The Morgan fingerprint density at radius 1 is 1.00 bits per heavy atom. The Morgan fingerprint density at radius 2 is 1.59 bits per heavy atom. The first-order valence-electron chi connectivity index (χ1n) is 10.6. The first-order chi connectivity index (χ1) is 18.2. The van der Waals surface area contributed by atoms with Crippen LogP contribution in [-0.2, 0) is 14.3 Å². The first kappa shape index (κ1) is 33.0. The number of aromatic nitrogens is 10. The number of nitrogens with zero attached hydrogens (tertiary/aromatic N) is 9. The van der Waals surface area contributed by atoms with Crippen LogP contribution in [0.1, 0.15) is 33.4 Å². The fourth-order valence-electron chi connectivity index (χ4n) is 3.51. The molecule has 4 atom stereocenters. The molecule has 0 aliphatic carbocycles. The molecule has 22 heteroatoms. The van der Waals surface area contributed by atoms with Crippen molar-refractivity contribution in [3.63, 3.8) is 0 Å². The molecule has 1 aliphatic heterocycles. The van der Waals surface area contributed by atoms with Crippen molar-refractivity contribution in [1.29, 1.82) is 0 Å². The molecule has 5 rings (SSSR count). The van der Waals surface area contributed by atoms with Gasteiger partial charge in [-0.3, -0.25) is 4.79 Å². The van der Waals surface area contributed by atoms with Crippen LogP contribution in [0.15, 0.2) is 0 Å². The molecule has 4 aromatic rings. The summed E-state index contributed by atoms with van der Waals surface area (Å²) in [5.74, 6) is -0.386. The molecule has 1 aliphatic rings. The average molecular weight is 811 g/mol. The standard InChI is InChI=1S/C13H15Cl2N5O3.C4HCl2N5.4ClH.Sn/c1-4-7-5(2)9(22-6(3)21)12(23-7)20-11-8(18-19-20)10(14)16-13(15)17-11;5-2-1-3(10-11-9-1)8-4(6)7-2;;;;;/h5,7,9,12H,4H2,1-3H3;(H,7,8,9,10,11);4*1H;/q;;;;;;+4/p-4/t5-,7-,9-,12-;;;;;;/m1....../s1. The number of esters is 1. The van der Waals surface area contributed by atoms with Crippen LogP contribution in [0, 0.1) is 5.92 Å². The molecule has 0 spiro atoms. The van der Waals surface area contributed by atoms with Gasteiger partial charge in [0.15, 0.2) is 39.3 Å². The third-order valence-electron chi connectivity index (χ3n) is 5.01. The minimum atomic E-state index is -3.29. The number of nitrogens with one attached hydrogen (secondary N) is 1. The number of hydrogen-bond donors (Lipinski definition) is 1. The summed E-state index contributed by atoms with van der Waals surface area (Å²) in [4.78, 5) is 26.8. The molecule has 0 aromatic carbocycles. The summed E-state index contributed by atoms with van der Waals surface area (Å²) in [5, 5.41) is 18.1. The predicted molar refractivity (Wildman–Crippen MR) is 151 cm³/mol. The van der Waals surface area contributed by atoms with Crippen molar-refractivity contribution in [2.75, 3.05) is 0 Å². The van der Waals surface area contributed by atoms with Crippen molar-refractivity contribution >= 4 is 124 Å². The zero-order chi connectivity index (χ0) is 29.1. The van der Waals surface area contributed by atoms with Crippen molar-refractivity contribution in [3.05, 3.63) is 20.9 Å². The molecule has 5 heterocycles. The van der Waals surface area contributed by atoms with Gasteiger partial charge in [-0.2, -0.15) is 25.0 Å². The van der Waals surface area contributed by atoms with Gasteiger partial charge in [0.05, 0.1) is 6.10 Å². The Hall–Kier alpha value is -0.491. The summed E-state index contributed by atoms with van der Waals surface area (Å²) in [6.45, 7) is 5.33. The number of fused-ring (bicyclic) bond motifs is 2. The zero-order valence-corrected chi connectivity index (χ0v) is 28.7. The summed E-state index contributed by atoms with van der Waals surface area (Å²) in [6.07, 6.45) is -0.449. The number of aromatic amines is 1. The summed E-state index contributed by atoms with van der Waals surface area (Å²) in [5.41, 5.74) is 1.45. The normalized spacial score (nSPS) is 20.8. The molecule has 13 nitrogen and oxygen atoms in total. The topological polar surface area (TPSA) is 159 Å². The van der Waals surface area contributed by atoms with E-state index in [1.54, 1.807) is 0 Å². The number of carbonyl (C=O) groups excluding carboxylic acids is 1. The van der Waals surface area contributed by atoms with E-state index in [1.165, 1.54) is 11.6 Å². The second-order valence-electron chi connectivity index (χ2n) is 7.60. The number of halogens is 8. The zero-order valence-electron chi connectivity index (χ0n) is 19.8. The van der Waals surface area contributed by atoms with Crippen LogP contribution in [0.2, 0.25) is 20.9 Å².